The third-order valence-corrected chi connectivity index (χ3v) is 8.52. The standard InChI is InChI=1S/C28H26FN6O2P3S/c1-13-11-41-21-10-18(22(27(36)34(13)21)15-4-3-5-17(38)8-15)14(2)35-26-23(25(30)31-12-32-26)24(33-35)16-6-7-20(19(29)9-16)37-28(39)40/h3-12,14,28H,38-40H2,1-2H3,(H2,30,31,32)/t14-/m0/s1. The van der Waals surface area contributed by atoms with Crippen LogP contribution in [0, 0.1) is 12.7 Å². The summed E-state index contributed by atoms with van der Waals surface area (Å²) in [5, 5.41) is 8.33. The fourth-order valence-corrected chi connectivity index (χ4v) is 6.54. The Hall–Kier alpha value is -3.28. The maximum absolute atomic E-state index is 15.0. The summed E-state index contributed by atoms with van der Waals surface area (Å²) in [6.45, 7) is 3.88. The van der Waals surface area contributed by atoms with E-state index in [1.807, 2.05) is 49.6 Å². The van der Waals surface area contributed by atoms with Gasteiger partial charge in [0.05, 0.1) is 17.0 Å². The molecule has 0 radical (unpaired) electrons. The van der Waals surface area contributed by atoms with Crippen LogP contribution in [0.25, 0.3) is 38.2 Å². The summed E-state index contributed by atoms with van der Waals surface area (Å²) in [5.74, 6) is -0.194. The quantitative estimate of drug-likeness (QED) is 0.250. The van der Waals surface area contributed by atoms with Crippen LogP contribution in [-0.4, -0.2) is 29.7 Å². The molecule has 8 nitrogen and oxygen atoms in total. The summed E-state index contributed by atoms with van der Waals surface area (Å²) in [5.41, 5.74) is 10.3. The number of ether oxygens (including phenoxy) is 1. The number of fused-ring (bicyclic) bond motifs is 2. The molecule has 0 aliphatic carbocycles. The number of hydrogen-bond donors (Lipinski definition) is 1. The molecule has 13 heteroatoms. The number of nitrogens with two attached hydrogens (primary N) is 1. The Morgan fingerprint density at radius 2 is 1.90 bits per heavy atom. The maximum Gasteiger partial charge on any atom is 0.264 e. The molecule has 0 bridgehead atoms. The van der Waals surface area contributed by atoms with Gasteiger partial charge >= 0.3 is 0 Å². The van der Waals surface area contributed by atoms with E-state index in [0.29, 0.717) is 27.9 Å². The van der Waals surface area contributed by atoms with Crippen LogP contribution in [0.4, 0.5) is 10.2 Å². The molecule has 0 amide bonds. The molecule has 0 saturated carbocycles. The number of aromatic nitrogens is 5. The fraction of sp³-hybridized carbons (Fsp3) is 0.143. The molecule has 4 heterocycles. The van der Waals surface area contributed by atoms with Crippen LogP contribution in [0.15, 0.2) is 65.0 Å². The average Bonchev–Trinajstić information content (AvgIpc) is 3.51. The number of nitrogens with zero attached hydrogens (tertiary/aromatic N) is 5. The zero-order valence-corrected chi connectivity index (χ0v) is 26.4. The van der Waals surface area contributed by atoms with E-state index < -0.39 is 11.9 Å². The molecule has 0 saturated heterocycles. The number of anilines is 1. The molecule has 4 aromatic heterocycles. The normalized spacial score (nSPS) is 12.5. The molecule has 208 valence electrons. The Morgan fingerprint density at radius 1 is 1.10 bits per heavy atom. The minimum absolute atomic E-state index is 0.108. The highest BCUT2D eigenvalue weighted by Gasteiger charge is 2.26. The van der Waals surface area contributed by atoms with E-state index in [2.05, 4.69) is 37.7 Å². The van der Waals surface area contributed by atoms with E-state index in [1.54, 1.807) is 21.2 Å². The summed E-state index contributed by atoms with van der Waals surface area (Å²) in [7, 11) is 7.57. The molecular formula is C28H26FN6O2P3S. The third kappa shape index (κ3) is 4.93. The third-order valence-electron chi connectivity index (χ3n) is 6.89. The summed E-state index contributed by atoms with van der Waals surface area (Å²) in [6, 6.07) is 14.0. The number of thiazole rings is 1. The first-order valence-electron chi connectivity index (χ1n) is 12.6. The molecule has 0 aliphatic heterocycles. The second-order valence-corrected chi connectivity index (χ2v) is 13.3. The lowest BCUT2D eigenvalue weighted by Crippen LogP contribution is -2.21. The van der Waals surface area contributed by atoms with Gasteiger partial charge in [0, 0.05) is 16.6 Å². The van der Waals surface area contributed by atoms with Crippen molar-refractivity contribution in [3.8, 4) is 28.1 Å². The summed E-state index contributed by atoms with van der Waals surface area (Å²) in [4.78, 5) is 23.5. The Bertz CT molecular complexity index is 2020. The lowest BCUT2D eigenvalue weighted by atomic mass is 9.97. The fourth-order valence-electron chi connectivity index (χ4n) is 5.03. The Kier molecular flexibility index (Phi) is 7.37. The smallest absolute Gasteiger partial charge is 0.264 e. The van der Waals surface area contributed by atoms with Crippen molar-refractivity contribution < 1.29 is 9.13 Å². The number of nitrogen functional groups attached to an aromatic ring is 1. The van der Waals surface area contributed by atoms with Crippen LogP contribution < -0.4 is 21.3 Å². The van der Waals surface area contributed by atoms with E-state index in [4.69, 9.17) is 15.6 Å². The summed E-state index contributed by atoms with van der Waals surface area (Å²) < 4.78 is 24.0. The van der Waals surface area contributed by atoms with Crippen molar-refractivity contribution in [3.63, 3.8) is 0 Å². The van der Waals surface area contributed by atoms with Gasteiger partial charge in [0.15, 0.2) is 17.2 Å². The largest absolute Gasteiger partial charge is 0.480 e. The van der Waals surface area contributed by atoms with E-state index in [0.717, 1.165) is 27.0 Å². The molecule has 0 fully saturated rings. The van der Waals surface area contributed by atoms with E-state index in [9.17, 15) is 4.79 Å². The van der Waals surface area contributed by atoms with Gasteiger partial charge in [0.2, 0.25) is 0 Å². The first-order chi connectivity index (χ1) is 19.6. The Balaban J connectivity index is 1.59. The predicted octanol–water partition coefficient (Wildman–Crippen LogP) is 5.39. The van der Waals surface area contributed by atoms with Gasteiger partial charge in [-0.25, -0.2) is 19.0 Å². The first-order valence-corrected chi connectivity index (χ1v) is 15.4. The lowest BCUT2D eigenvalue weighted by Gasteiger charge is -2.18. The molecule has 2 N–H and O–H groups in total. The first kappa shape index (κ1) is 27.9. The topological polar surface area (TPSA) is 100 Å². The highest BCUT2D eigenvalue weighted by molar-refractivity contribution is 7.37. The van der Waals surface area contributed by atoms with E-state index in [1.165, 1.54) is 23.7 Å². The van der Waals surface area contributed by atoms with Crippen LogP contribution >= 0.6 is 39.1 Å². The van der Waals surface area contributed by atoms with Gasteiger partial charge in [-0.05, 0) is 60.6 Å². The second kappa shape index (κ2) is 10.8. The van der Waals surface area contributed by atoms with Gasteiger partial charge in [-0.15, -0.1) is 20.6 Å². The number of pyridine rings is 1. The van der Waals surface area contributed by atoms with Crippen molar-refractivity contribution in [2.24, 2.45) is 0 Å². The maximum atomic E-state index is 15.0. The van der Waals surface area contributed by atoms with Gasteiger partial charge < -0.3 is 10.5 Å². The van der Waals surface area contributed by atoms with Gasteiger partial charge in [-0.1, -0.05) is 36.7 Å². The molecule has 6 aromatic rings. The molecule has 0 spiro atoms. The van der Waals surface area contributed by atoms with E-state index in [-0.39, 0.29) is 22.7 Å². The molecule has 4 atom stereocenters. The van der Waals surface area contributed by atoms with Gasteiger partial charge in [0.25, 0.3) is 5.56 Å². The zero-order valence-electron chi connectivity index (χ0n) is 22.1. The Morgan fingerprint density at radius 3 is 2.63 bits per heavy atom. The van der Waals surface area contributed by atoms with Crippen molar-refractivity contribution in [1.29, 1.82) is 0 Å². The number of aryl methyl sites for hydroxylation is 1. The highest BCUT2D eigenvalue weighted by atomic mass is 32.1. The van der Waals surface area contributed by atoms with Crippen molar-refractivity contribution >= 4 is 66.0 Å². The van der Waals surface area contributed by atoms with Crippen molar-refractivity contribution in [2.75, 3.05) is 5.73 Å². The van der Waals surface area contributed by atoms with Crippen molar-refractivity contribution in [1.82, 2.24) is 24.1 Å². The SMILES string of the molecule is Cc1csc2cc([C@H](C)n3nc(-c4ccc(OC(P)P)c(F)c4)c4c(N)ncnc43)c(-c3cccc(P)c3)c(=O)n12. The minimum Gasteiger partial charge on any atom is -0.480 e. The van der Waals surface area contributed by atoms with E-state index >= 15 is 4.39 Å². The average molecular weight is 623 g/mol. The highest BCUT2D eigenvalue weighted by Crippen LogP contribution is 2.37. The lowest BCUT2D eigenvalue weighted by molar-refractivity contribution is 0.343. The van der Waals surface area contributed by atoms with Crippen molar-refractivity contribution in [2.45, 2.75) is 25.5 Å². The van der Waals surface area contributed by atoms with Crippen LogP contribution in [0.2, 0.25) is 0 Å². The molecule has 3 unspecified atom stereocenters. The second-order valence-electron chi connectivity index (χ2n) is 9.61. The zero-order chi connectivity index (χ0) is 29.0. The van der Waals surface area contributed by atoms with Crippen LogP contribution in [-0.2, 0) is 0 Å². The monoisotopic (exact) mass is 622 g/mol. The molecular weight excluding hydrogens is 596 g/mol. The molecule has 2 aromatic carbocycles. The van der Waals surface area contributed by atoms with Crippen LogP contribution in [0.5, 0.6) is 5.75 Å². The number of halogens is 1. The number of hydrogen-bond acceptors (Lipinski definition) is 7. The minimum atomic E-state index is -0.533. The van der Waals surface area contributed by atoms with Crippen LogP contribution in [0.3, 0.4) is 0 Å². The van der Waals surface area contributed by atoms with Gasteiger partial charge in [0.1, 0.15) is 28.3 Å². The number of benzene rings is 2. The summed E-state index contributed by atoms with van der Waals surface area (Å²) >= 11 is 1.50. The molecule has 6 rings (SSSR count). The number of rotatable bonds is 6. The van der Waals surface area contributed by atoms with Crippen LogP contribution in [0.1, 0.15) is 24.2 Å². The Labute approximate surface area is 245 Å². The van der Waals surface area contributed by atoms with Crippen molar-refractivity contribution in [3.05, 3.63) is 87.7 Å². The van der Waals surface area contributed by atoms with Gasteiger partial charge in [-0.2, -0.15) is 5.10 Å². The predicted molar refractivity (Wildman–Crippen MR) is 174 cm³/mol. The van der Waals surface area contributed by atoms with Gasteiger partial charge in [-0.3, -0.25) is 9.20 Å². The molecule has 0 aliphatic rings. The molecule has 41 heavy (non-hydrogen) atoms. The summed E-state index contributed by atoms with van der Waals surface area (Å²) in [6.07, 6.45) is 1.38.